The van der Waals surface area contributed by atoms with Crippen molar-refractivity contribution >= 4 is 39.5 Å². The van der Waals surface area contributed by atoms with Gasteiger partial charge in [0.05, 0.1) is 12.0 Å². The molecule has 0 saturated carbocycles. The second kappa shape index (κ2) is 6.93. The topological polar surface area (TPSA) is 69.7 Å². The molecule has 0 aliphatic carbocycles. The smallest absolute Gasteiger partial charge is 0.348 e. The SMILES string of the molecule is CCOC(=O)Cc1oc2c(c1-c1ccc(Cl)cc1)c(=O)oc1ccccc12. The van der Waals surface area contributed by atoms with Crippen molar-refractivity contribution in [3.05, 3.63) is 69.7 Å². The lowest BCUT2D eigenvalue weighted by atomic mass is 10.0. The Hall–Kier alpha value is -3.05. The molecule has 2 heterocycles. The largest absolute Gasteiger partial charge is 0.466 e. The quantitative estimate of drug-likeness (QED) is 0.368. The molecule has 0 fully saturated rings. The van der Waals surface area contributed by atoms with Crippen LogP contribution in [0.4, 0.5) is 0 Å². The number of carbonyl (C=O) groups is 1. The predicted molar refractivity (Wildman–Crippen MR) is 103 cm³/mol. The molecule has 0 aliphatic rings. The maximum Gasteiger partial charge on any atom is 0.348 e. The molecule has 5 nitrogen and oxygen atoms in total. The van der Waals surface area contributed by atoms with Crippen molar-refractivity contribution < 1.29 is 18.4 Å². The second-order valence-corrected chi connectivity index (χ2v) is 6.42. The third-order valence-corrected chi connectivity index (χ3v) is 4.51. The Balaban J connectivity index is 2.04. The highest BCUT2D eigenvalue weighted by atomic mass is 35.5. The molecule has 0 spiro atoms. The van der Waals surface area contributed by atoms with E-state index >= 15 is 0 Å². The van der Waals surface area contributed by atoms with Gasteiger partial charge >= 0.3 is 11.6 Å². The molecule has 0 aliphatic heterocycles. The van der Waals surface area contributed by atoms with Crippen molar-refractivity contribution in [1.82, 2.24) is 0 Å². The minimum Gasteiger partial charge on any atom is -0.466 e. The Kier molecular flexibility index (Phi) is 4.46. The van der Waals surface area contributed by atoms with Crippen LogP contribution in [0.15, 0.2) is 62.2 Å². The Morgan fingerprint density at radius 2 is 1.81 bits per heavy atom. The van der Waals surface area contributed by atoms with Gasteiger partial charge in [-0.15, -0.1) is 0 Å². The summed E-state index contributed by atoms with van der Waals surface area (Å²) in [6.07, 6.45) is -0.0890. The Bertz CT molecular complexity index is 1200. The molecule has 136 valence electrons. The van der Waals surface area contributed by atoms with Gasteiger partial charge in [-0.3, -0.25) is 4.79 Å². The number of para-hydroxylation sites is 1. The Morgan fingerprint density at radius 3 is 2.56 bits per heavy atom. The maximum absolute atomic E-state index is 12.7. The number of hydrogen-bond acceptors (Lipinski definition) is 5. The van der Waals surface area contributed by atoms with Gasteiger partial charge in [0.15, 0.2) is 5.58 Å². The monoisotopic (exact) mass is 382 g/mol. The second-order valence-electron chi connectivity index (χ2n) is 5.98. The summed E-state index contributed by atoms with van der Waals surface area (Å²) < 4.78 is 16.5. The van der Waals surface area contributed by atoms with Crippen molar-refractivity contribution in [2.45, 2.75) is 13.3 Å². The van der Waals surface area contributed by atoms with E-state index in [2.05, 4.69) is 0 Å². The molecule has 2 aromatic heterocycles. The molecule has 0 N–H and O–H groups in total. The number of benzene rings is 2. The molecule has 0 unspecified atom stereocenters. The van der Waals surface area contributed by atoms with E-state index < -0.39 is 11.6 Å². The number of hydrogen-bond donors (Lipinski definition) is 0. The fourth-order valence-electron chi connectivity index (χ4n) is 3.15. The van der Waals surface area contributed by atoms with Crippen molar-refractivity contribution in [3.8, 4) is 11.1 Å². The molecule has 4 rings (SSSR count). The highest BCUT2D eigenvalue weighted by molar-refractivity contribution is 6.30. The lowest BCUT2D eigenvalue weighted by molar-refractivity contribution is -0.142. The summed E-state index contributed by atoms with van der Waals surface area (Å²) in [7, 11) is 0. The summed E-state index contributed by atoms with van der Waals surface area (Å²) in [6, 6.07) is 14.1. The zero-order valence-corrected chi connectivity index (χ0v) is 15.2. The standard InChI is InChI=1S/C21H15ClO5/c1-2-25-17(23)11-16-18(12-7-9-13(22)10-8-12)19-20(26-16)14-5-3-4-6-15(14)27-21(19)24/h3-10H,2,11H2,1H3. The van der Waals surface area contributed by atoms with Gasteiger partial charge < -0.3 is 13.6 Å². The van der Waals surface area contributed by atoms with Gasteiger partial charge in [-0.25, -0.2) is 4.79 Å². The van der Waals surface area contributed by atoms with E-state index in [-0.39, 0.29) is 13.0 Å². The van der Waals surface area contributed by atoms with Crippen molar-refractivity contribution in [1.29, 1.82) is 0 Å². The Labute approximate surface area is 159 Å². The summed E-state index contributed by atoms with van der Waals surface area (Å²) in [5, 5.41) is 1.53. The highest BCUT2D eigenvalue weighted by Crippen LogP contribution is 2.37. The lowest BCUT2D eigenvalue weighted by Gasteiger charge is -2.04. The van der Waals surface area contributed by atoms with Crippen LogP contribution in [0.1, 0.15) is 12.7 Å². The molecule has 0 bridgehead atoms. The zero-order valence-electron chi connectivity index (χ0n) is 14.5. The molecule has 6 heteroatoms. The van der Waals surface area contributed by atoms with Crippen LogP contribution in [-0.4, -0.2) is 12.6 Å². The van der Waals surface area contributed by atoms with Crippen LogP contribution in [0.2, 0.25) is 5.02 Å². The summed E-state index contributed by atoms with van der Waals surface area (Å²) in [4.78, 5) is 24.8. The number of esters is 1. The number of halogens is 1. The van der Waals surface area contributed by atoms with Gasteiger partial charge in [-0.1, -0.05) is 35.9 Å². The van der Waals surface area contributed by atoms with E-state index in [0.717, 1.165) is 0 Å². The van der Waals surface area contributed by atoms with Crippen molar-refractivity contribution in [2.75, 3.05) is 6.61 Å². The Morgan fingerprint density at radius 1 is 1.07 bits per heavy atom. The highest BCUT2D eigenvalue weighted by Gasteiger charge is 2.24. The van der Waals surface area contributed by atoms with Crippen LogP contribution in [0.5, 0.6) is 0 Å². The molecule has 27 heavy (non-hydrogen) atoms. The summed E-state index contributed by atoms with van der Waals surface area (Å²) in [5.74, 6) is -0.0742. The van der Waals surface area contributed by atoms with Gasteiger partial charge in [0, 0.05) is 10.6 Å². The van der Waals surface area contributed by atoms with Crippen LogP contribution >= 0.6 is 11.6 Å². The third-order valence-electron chi connectivity index (χ3n) is 4.26. The number of carbonyl (C=O) groups excluding carboxylic acids is 1. The first-order valence-corrected chi connectivity index (χ1v) is 8.85. The van der Waals surface area contributed by atoms with E-state index in [4.69, 9.17) is 25.2 Å². The van der Waals surface area contributed by atoms with Crippen molar-refractivity contribution in [2.24, 2.45) is 0 Å². The van der Waals surface area contributed by atoms with Crippen LogP contribution < -0.4 is 5.63 Å². The van der Waals surface area contributed by atoms with Crippen molar-refractivity contribution in [3.63, 3.8) is 0 Å². The molecular formula is C21H15ClO5. The number of furan rings is 1. The normalized spacial score (nSPS) is 11.2. The molecule has 4 aromatic rings. The van der Waals surface area contributed by atoms with E-state index in [0.29, 0.717) is 43.8 Å². The minimum atomic E-state index is -0.521. The van der Waals surface area contributed by atoms with Crippen LogP contribution in [-0.2, 0) is 16.0 Å². The van der Waals surface area contributed by atoms with Gasteiger partial charge in [0.1, 0.15) is 23.2 Å². The van der Waals surface area contributed by atoms with Crippen LogP contribution in [0.25, 0.3) is 33.1 Å². The summed E-state index contributed by atoms with van der Waals surface area (Å²) in [5.41, 5.74) is 1.53. The molecule has 0 radical (unpaired) electrons. The van der Waals surface area contributed by atoms with E-state index in [1.807, 2.05) is 12.1 Å². The summed E-state index contributed by atoms with van der Waals surface area (Å²) >= 11 is 5.99. The number of rotatable bonds is 4. The van der Waals surface area contributed by atoms with Gasteiger partial charge in [-0.05, 0) is 36.8 Å². The average molecular weight is 383 g/mol. The molecule has 2 aromatic carbocycles. The van der Waals surface area contributed by atoms with Gasteiger partial charge in [0.25, 0.3) is 0 Å². The maximum atomic E-state index is 12.7. The number of fused-ring (bicyclic) bond motifs is 3. The lowest BCUT2D eigenvalue weighted by Crippen LogP contribution is -2.07. The summed E-state index contributed by atoms with van der Waals surface area (Å²) in [6.45, 7) is 2.00. The van der Waals surface area contributed by atoms with Crippen LogP contribution in [0, 0.1) is 0 Å². The molecule has 0 saturated heterocycles. The molecule has 0 atom stereocenters. The average Bonchev–Trinajstić information content (AvgIpc) is 3.02. The predicted octanol–water partition coefficient (Wildman–Crippen LogP) is 4.97. The van der Waals surface area contributed by atoms with Gasteiger partial charge in [0.2, 0.25) is 0 Å². The van der Waals surface area contributed by atoms with Crippen LogP contribution in [0.3, 0.4) is 0 Å². The van der Waals surface area contributed by atoms with E-state index in [9.17, 15) is 9.59 Å². The van der Waals surface area contributed by atoms with E-state index in [1.165, 1.54) is 0 Å². The first kappa shape index (κ1) is 17.4. The fourth-order valence-corrected chi connectivity index (χ4v) is 3.27. The zero-order chi connectivity index (χ0) is 19.0. The third kappa shape index (κ3) is 3.11. The molecular weight excluding hydrogens is 368 g/mol. The first-order chi connectivity index (χ1) is 13.1. The van der Waals surface area contributed by atoms with Gasteiger partial charge in [-0.2, -0.15) is 0 Å². The number of ether oxygens (including phenoxy) is 1. The minimum absolute atomic E-state index is 0.0890. The van der Waals surface area contributed by atoms with E-state index in [1.54, 1.807) is 43.3 Å². The molecule has 0 amide bonds. The first-order valence-electron chi connectivity index (χ1n) is 8.47. The fraction of sp³-hybridized carbons (Fsp3) is 0.143.